The summed E-state index contributed by atoms with van der Waals surface area (Å²) in [6.07, 6.45) is 5.62. The lowest BCUT2D eigenvalue weighted by Crippen LogP contribution is -2.71. The molecule has 2 aliphatic heterocycles. The van der Waals surface area contributed by atoms with Gasteiger partial charge in [0, 0.05) is 18.9 Å². The molecule has 8 heteroatoms. The number of piperidine rings is 1. The Hall–Kier alpha value is -1.54. The number of nitrogens with zero attached hydrogens (tertiary/aromatic N) is 5. The SMILES string of the molecule is Cc1nnnn1CCC(=O)N[C@@H]1[C@@H]2CCO[C@@H]2[C@H]1N1CCCCC1. The van der Waals surface area contributed by atoms with Gasteiger partial charge in [0.05, 0.1) is 24.7 Å². The average Bonchev–Trinajstić information content (AvgIpc) is 3.18. The van der Waals surface area contributed by atoms with Crippen LogP contribution >= 0.6 is 0 Å². The predicted octanol–water partition coefficient (Wildman–Crippen LogP) is 0.130. The van der Waals surface area contributed by atoms with Gasteiger partial charge >= 0.3 is 0 Å². The van der Waals surface area contributed by atoms with Crippen molar-refractivity contribution in [3.8, 4) is 0 Å². The standard InChI is InChI=1S/C16H26N6O2/c1-11-18-19-20-22(11)9-5-13(23)17-14-12-6-10-24-16(12)15(14)21-7-3-2-4-8-21/h12,14-16H,2-10H2,1H3,(H,17,23)/t12-,14+,15-,16-/m0/s1. The van der Waals surface area contributed by atoms with Crippen LogP contribution in [0.5, 0.6) is 0 Å². The minimum Gasteiger partial charge on any atom is -0.376 e. The maximum atomic E-state index is 12.4. The smallest absolute Gasteiger partial charge is 0.222 e. The van der Waals surface area contributed by atoms with Crippen molar-refractivity contribution in [1.29, 1.82) is 0 Å². The fourth-order valence-corrected chi connectivity index (χ4v) is 4.44. The number of amides is 1. The minimum absolute atomic E-state index is 0.0854. The third kappa shape index (κ3) is 2.93. The van der Waals surface area contributed by atoms with Gasteiger partial charge in [-0.1, -0.05) is 6.42 Å². The van der Waals surface area contributed by atoms with Crippen molar-refractivity contribution in [3.05, 3.63) is 5.82 Å². The van der Waals surface area contributed by atoms with Crippen LogP contribution in [0.25, 0.3) is 0 Å². The number of carbonyl (C=O) groups excluding carboxylic acids is 1. The number of ether oxygens (including phenoxy) is 1. The number of likely N-dealkylation sites (tertiary alicyclic amines) is 1. The molecule has 0 unspecified atom stereocenters. The van der Waals surface area contributed by atoms with Gasteiger partial charge in [-0.3, -0.25) is 9.69 Å². The van der Waals surface area contributed by atoms with Crippen molar-refractivity contribution in [2.45, 2.75) is 63.8 Å². The van der Waals surface area contributed by atoms with E-state index in [4.69, 9.17) is 4.74 Å². The molecule has 3 fully saturated rings. The van der Waals surface area contributed by atoms with Crippen LogP contribution in [0.4, 0.5) is 0 Å². The van der Waals surface area contributed by atoms with E-state index < -0.39 is 0 Å². The van der Waals surface area contributed by atoms with E-state index in [1.807, 2.05) is 6.92 Å². The molecule has 24 heavy (non-hydrogen) atoms. The Morgan fingerprint density at radius 2 is 2.17 bits per heavy atom. The van der Waals surface area contributed by atoms with Crippen molar-refractivity contribution in [1.82, 2.24) is 30.4 Å². The van der Waals surface area contributed by atoms with Gasteiger partial charge in [-0.25, -0.2) is 4.68 Å². The van der Waals surface area contributed by atoms with E-state index in [0.29, 0.717) is 31.0 Å². The van der Waals surface area contributed by atoms with Crippen molar-refractivity contribution in [2.24, 2.45) is 5.92 Å². The number of fused-ring (bicyclic) bond motifs is 1. The van der Waals surface area contributed by atoms with Crippen LogP contribution in [0, 0.1) is 12.8 Å². The lowest BCUT2D eigenvalue weighted by Gasteiger charge is -2.53. The number of aromatic nitrogens is 4. The van der Waals surface area contributed by atoms with Gasteiger partial charge in [0.1, 0.15) is 5.82 Å². The average molecular weight is 334 g/mol. The molecular weight excluding hydrogens is 308 g/mol. The van der Waals surface area contributed by atoms with Crippen molar-refractivity contribution < 1.29 is 9.53 Å². The second kappa shape index (κ2) is 6.76. The minimum atomic E-state index is 0.0854. The van der Waals surface area contributed by atoms with Crippen molar-refractivity contribution in [2.75, 3.05) is 19.7 Å². The second-order valence-corrected chi connectivity index (χ2v) is 7.17. The Morgan fingerprint density at radius 1 is 1.33 bits per heavy atom. The van der Waals surface area contributed by atoms with Crippen LogP contribution in [-0.2, 0) is 16.1 Å². The summed E-state index contributed by atoms with van der Waals surface area (Å²) < 4.78 is 7.61. The summed E-state index contributed by atoms with van der Waals surface area (Å²) in [5, 5.41) is 14.6. The second-order valence-electron chi connectivity index (χ2n) is 7.17. The van der Waals surface area contributed by atoms with E-state index in [-0.39, 0.29) is 11.9 Å². The molecule has 3 aliphatic rings. The molecule has 1 amide bonds. The van der Waals surface area contributed by atoms with E-state index in [1.165, 1.54) is 19.3 Å². The van der Waals surface area contributed by atoms with Crippen molar-refractivity contribution >= 4 is 5.91 Å². The molecular formula is C16H26N6O2. The van der Waals surface area contributed by atoms with Gasteiger partial charge in [-0.15, -0.1) is 5.10 Å². The molecule has 0 aromatic carbocycles. The molecule has 132 valence electrons. The number of hydrogen-bond acceptors (Lipinski definition) is 6. The van der Waals surface area contributed by atoms with Gasteiger partial charge in [0.2, 0.25) is 5.91 Å². The highest BCUT2D eigenvalue weighted by Gasteiger charge is 2.56. The fourth-order valence-electron chi connectivity index (χ4n) is 4.44. The quantitative estimate of drug-likeness (QED) is 0.824. The molecule has 1 aromatic rings. The first kappa shape index (κ1) is 16.0. The highest BCUT2D eigenvalue weighted by Crippen LogP contribution is 2.42. The topological polar surface area (TPSA) is 85.2 Å². The third-order valence-corrected chi connectivity index (χ3v) is 5.75. The summed E-state index contributed by atoms with van der Waals surface area (Å²) in [5.74, 6) is 1.31. The zero-order valence-corrected chi connectivity index (χ0v) is 14.2. The third-order valence-electron chi connectivity index (χ3n) is 5.75. The Balaban J connectivity index is 1.35. The van der Waals surface area contributed by atoms with Gasteiger partial charge < -0.3 is 10.1 Å². The maximum Gasteiger partial charge on any atom is 0.222 e. The molecule has 1 aromatic heterocycles. The largest absolute Gasteiger partial charge is 0.376 e. The molecule has 1 aliphatic carbocycles. The zero-order valence-electron chi connectivity index (χ0n) is 14.2. The number of tetrazole rings is 1. The number of aryl methyl sites for hydroxylation is 2. The highest BCUT2D eigenvalue weighted by molar-refractivity contribution is 5.76. The van der Waals surface area contributed by atoms with Crippen LogP contribution < -0.4 is 5.32 Å². The van der Waals surface area contributed by atoms with E-state index >= 15 is 0 Å². The predicted molar refractivity (Wildman–Crippen MR) is 86.2 cm³/mol. The highest BCUT2D eigenvalue weighted by atomic mass is 16.5. The molecule has 1 N–H and O–H groups in total. The lowest BCUT2D eigenvalue weighted by atomic mass is 9.70. The summed E-state index contributed by atoms with van der Waals surface area (Å²) in [4.78, 5) is 15.0. The van der Waals surface area contributed by atoms with E-state index in [2.05, 4.69) is 25.7 Å². The molecule has 3 heterocycles. The van der Waals surface area contributed by atoms with E-state index in [0.717, 1.165) is 31.9 Å². The monoisotopic (exact) mass is 334 g/mol. The molecule has 0 radical (unpaired) electrons. The Kier molecular flexibility index (Phi) is 4.49. The van der Waals surface area contributed by atoms with Gasteiger partial charge in [0.25, 0.3) is 0 Å². The molecule has 4 rings (SSSR count). The molecule has 0 spiro atoms. The first-order valence-electron chi connectivity index (χ1n) is 9.12. The van der Waals surface area contributed by atoms with Crippen LogP contribution in [0.3, 0.4) is 0 Å². The Labute approximate surface area is 141 Å². The molecule has 8 nitrogen and oxygen atoms in total. The summed E-state index contributed by atoms with van der Waals surface area (Å²) >= 11 is 0. The summed E-state index contributed by atoms with van der Waals surface area (Å²) in [6, 6.07) is 0.592. The summed E-state index contributed by atoms with van der Waals surface area (Å²) in [5.41, 5.74) is 0. The van der Waals surface area contributed by atoms with Crippen molar-refractivity contribution in [3.63, 3.8) is 0 Å². The number of rotatable bonds is 5. The van der Waals surface area contributed by atoms with Gasteiger partial charge in [0.15, 0.2) is 0 Å². The number of nitrogens with one attached hydrogen (secondary N) is 1. The molecule has 2 saturated heterocycles. The molecule has 0 bridgehead atoms. The molecule has 1 saturated carbocycles. The first-order valence-corrected chi connectivity index (χ1v) is 9.12. The summed E-state index contributed by atoms with van der Waals surface area (Å²) in [7, 11) is 0. The van der Waals surface area contributed by atoms with Crippen LogP contribution in [0.1, 0.15) is 37.9 Å². The number of hydrogen-bond donors (Lipinski definition) is 1. The van der Waals surface area contributed by atoms with Gasteiger partial charge in [-0.2, -0.15) is 0 Å². The fraction of sp³-hybridized carbons (Fsp3) is 0.875. The Bertz CT molecular complexity index is 585. The van der Waals surface area contributed by atoms with Crippen LogP contribution in [-0.4, -0.2) is 68.9 Å². The van der Waals surface area contributed by atoms with Crippen LogP contribution in [0.15, 0.2) is 0 Å². The van der Waals surface area contributed by atoms with Gasteiger partial charge in [-0.05, 0) is 49.7 Å². The van der Waals surface area contributed by atoms with E-state index in [1.54, 1.807) is 4.68 Å². The molecule has 4 atom stereocenters. The summed E-state index contributed by atoms with van der Waals surface area (Å²) in [6.45, 7) is 5.46. The number of carbonyl (C=O) groups is 1. The lowest BCUT2D eigenvalue weighted by molar-refractivity contribution is -0.130. The Morgan fingerprint density at radius 3 is 2.92 bits per heavy atom. The normalized spacial score (nSPS) is 33.0. The first-order chi connectivity index (χ1) is 11.7. The zero-order chi connectivity index (χ0) is 16.5. The maximum absolute atomic E-state index is 12.4. The van der Waals surface area contributed by atoms with E-state index in [9.17, 15) is 4.79 Å². The van der Waals surface area contributed by atoms with Crippen LogP contribution in [0.2, 0.25) is 0 Å².